The molecule has 0 heterocycles. The molecule has 0 aromatic rings. The predicted molar refractivity (Wildman–Crippen MR) is 43.7 cm³/mol. The Bertz CT molecular complexity index is 126. The van der Waals surface area contributed by atoms with Gasteiger partial charge < -0.3 is 15.7 Å². The van der Waals surface area contributed by atoms with Crippen LogP contribution in [0.5, 0.6) is 0 Å². The van der Waals surface area contributed by atoms with Crippen LogP contribution in [-0.2, 0) is 4.74 Å². The Balaban J connectivity index is 3.68. The van der Waals surface area contributed by atoms with E-state index in [0.29, 0.717) is 13.0 Å². The van der Waals surface area contributed by atoms with Gasteiger partial charge in [0.1, 0.15) is 5.84 Å². The van der Waals surface area contributed by atoms with Crippen molar-refractivity contribution in [3.05, 3.63) is 0 Å². The maximum absolute atomic E-state index is 8.25. The molecule has 0 fully saturated rings. The summed E-state index contributed by atoms with van der Waals surface area (Å²) in [6.45, 7) is 4.59. The predicted octanol–water partition coefficient (Wildman–Crippen LogP) is 0.938. The molecule has 0 aromatic heterocycles. The van der Waals surface area contributed by atoms with Gasteiger partial charge in [0.2, 0.25) is 0 Å². The molecule has 0 bridgehead atoms. The first kappa shape index (κ1) is 10.2. The Morgan fingerprint density at radius 2 is 2.27 bits per heavy atom. The molecule has 0 aliphatic carbocycles. The van der Waals surface area contributed by atoms with Crippen LogP contribution in [0.1, 0.15) is 26.7 Å². The number of hydrogen-bond donors (Lipinski definition) is 2. The first-order valence-electron chi connectivity index (χ1n) is 3.82. The average Bonchev–Trinajstić information content (AvgIpc) is 2.03. The lowest BCUT2D eigenvalue weighted by atomic mass is 10.2. The van der Waals surface area contributed by atoms with E-state index in [2.05, 4.69) is 5.16 Å². The van der Waals surface area contributed by atoms with Crippen molar-refractivity contribution in [1.29, 1.82) is 0 Å². The number of amidine groups is 1. The molecule has 0 radical (unpaired) electrons. The Kier molecular flexibility index (Phi) is 5.56. The summed E-state index contributed by atoms with van der Waals surface area (Å²) in [6, 6.07) is 0. The third kappa shape index (κ3) is 4.61. The summed E-state index contributed by atoms with van der Waals surface area (Å²) in [4.78, 5) is 0. The smallest absolute Gasteiger partial charge is 0.141 e. The van der Waals surface area contributed by atoms with Gasteiger partial charge >= 0.3 is 0 Å². The normalized spacial score (nSPS) is 14.9. The minimum atomic E-state index is 0.0795. The molecule has 0 aliphatic rings. The highest BCUT2D eigenvalue weighted by molar-refractivity contribution is 5.80. The SMILES string of the molecule is CCOC(CC)C/C(N)=N/O. The zero-order valence-corrected chi connectivity index (χ0v) is 7.08. The quantitative estimate of drug-likeness (QED) is 0.272. The van der Waals surface area contributed by atoms with Gasteiger partial charge in [-0.1, -0.05) is 12.1 Å². The van der Waals surface area contributed by atoms with Crippen LogP contribution in [0, 0.1) is 0 Å². The van der Waals surface area contributed by atoms with Crippen molar-refractivity contribution in [2.45, 2.75) is 32.8 Å². The van der Waals surface area contributed by atoms with Crippen molar-refractivity contribution in [2.24, 2.45) is 10.9 Å². The number of ether oxygens (including phenoxy) is 1. The Hall–Kier alpha value is -0.770. The highest BCUT2D eigenvalue weighted by Crippen LogP contribution is 2.02. The fraction of sp³-hybridized carbons (Fsp3) is 0.857. The average molecular weight is 160 g/mol. The number of nitrogens with two attached hydrogens (primary N) is 1. The van der Waals surface area contributed by atoms with E-state index in [-0.39, 0.29) is 11.9 Å². The van der Waals surface area contributed by atoms with Crippen molar-refractivity contribution in [3.63, 3.8) is 0 Å². The van der Waals surface area contributed by atoms with Crippen LogP contribution >= 0.6 is 0 Å². The molecule has 0 saturated carbocycles. The van der Waals surface area contributed by atoms with Crippen LogP contribution in [0.3, 0.4) is 0 Å². The van der Waals surface area contributed by atoms with Gasteiger partial charge in [-0.25, -0.2) is 0 Å². The summed E-state index contributed by atoms with van der Waals surface area (Å²) < 4.78 is 5.29. The van der Waals surface area contributed by atoms with Crippen LogP contribution in [-0.4, -0.2) is 23.8 Å². The van der Waals surface area contributed by atoms with E-state index >= 15 is 0 Å². The van der Waals surface area contributed by atoms with E-state index < -0.39 is 0 Å². The highest BCUT2D eigenvalue weighted by Gasteiger charge is 2.07. The molecular formula is C7H16N2O2. The summed E-state index contributed by atoms with van der Waals surface area (Å²) in [7, 11) is 0. The highest BCUT2D eigenvalue weighted by atomic mass is 16.5. The van der Waals surface area contributed by atoms with Crippen LogP contribution in [0.15, 0.2) is 5.16 Å². The lowest BCUT2D eigenvalue weighted by Crippen LogP contribution is -2.22. The van der Waals surface area contributed by atoms with Gasteiger partial charge in [-0.3, -0.25) is 0 Å². The van der Waals surface area contributed by atoms with Gasteiger partial charge in [0.15, 0.2) is 0 Å². The van der Waals surface area contributed by atoms with E-state index in [9.17, 15) is 0 Å². The van der Waals surface area contributed by atoms with E-state index in [0.717, 1.165) is 6.42 Å². The van der Waals surface area contributed by atoms with Crippen molar-refractivity contribution < 1.29 is 9.94 Å². The van der Waals surface area contributed by atoms with Gasteiger partial charge in [-0.15, -0.1) is 0 Å². The third-order valence-corrected chi connectivity index (χ3v) is 1.42. The first-order chi connectivity index (χ1) is 5.24. The molecule has 0 aromatic carbocycles. The van der Waals surface area contributed by atoms with Crippen molar-refractivity contribution in [2.75, 3.05) is 6.61 Å². The molecule has 0 rings (SSSR count). The maximum Gasteiger partial charge on any atom is 0.141 e. The lowest BCUT2D eigenvalue weighted by molar-refractivity contribution is 0.0648. The van der Waals surface area contributed by atoms with Crippen molar-refractivity contribution in [1.82, 2.24) is 0 Å². The molecule has 0 spiro atoms. The zero-order valence-electron chi connectivity index (χ0n) is 7.08. The molecule has 3 N–H and O–H groups in total. The fourth-order valence-corrected chi connectivity index (χ4v) is 0.831. The Morgan fingerprint density at radius 3 is 2.64 bits per heavy atom. The van der Waals surface area contributed by atoms with Gasteiger partial charge in [0.25, 0.3) is 0 Å². The van der Waals surface area contributed by atoms with E-state index in [1.54, 1.807) is 0 Å². The monoisotopic (exact) mass is 160 g/mol. The first-order valence-corrected chi connectivity index (χ1v) is 3.82. The second-order valence-electron chi connectivity index (χ2n) is 2.28. The van der Waals surface area contributed by atoms with Gasteiger partial charge in [-0.2, -0.15) is 0 Å². The van der Waals surface area contributed by atoms with Gasteiger partial charge in [0, 0.05) is 13.0 Å². The molecule has 0 aliphatic heterocycles. The molecule has 11 heavy (non-hydrogen) atoms. The molecule has 0 saturated heterocycles. The van der Waals surface area contributed by atoms with Crippen molar-refractivity contribution in [3.8, 4) is 0 Å². The number of hydrogen-bond acceptors (Lipinski definition) is 3. The summed E-state index contributed by atoms with van der Waals surface area (Å²) in [5, 5.41) is 11.1. The van der Waals surface area contributed by atoms with Gasteiger partial charge in [-0.05, 0) is 13.3 Å². The molecule has 0 amide bonds. The minimum absolute atomic E-state index is 0.0795. The lowest BCUT2D eigenvalue weighted by Gasteiger charge is -2.12. The van der Waals surface area contributed by atoms with Gasteiger partial charge in [0.05, 0.1) is 6.10 Å². The molecule has 4 nitrogen and oxygen atoms in total. The number of oxime groups is 1. The summed E-state index contributed by atoms with van der Waals surface area (Å²) in [5.41, 5.74) is 5.30. The van der Waals surface area contributed by atoms with E-state index in [1.807, 2.05) is 13.8 Å². The van der Waals surface area contributed by atoms with Crippen molar-refractivity contribution >= 4 is 5.84 Å². The summed E-state index contributed by atoms with van der Waals surface area (Å²) in [5.74, 6) is 0.227. The molecule has 4 heteroatoms. The summed E-state index contributed by atoms with van der Waals surface area (Å²) in [6.07, 6.45) is 1.46. The topological polar surface area (TPSA) is 67.8 Å². The summed E-state index contributed by atoms with van der Waals surface area (Å²) >= 11 is 0. The van der Waals surface area contributed by atoms with E-state index in [1.165, 1.54) is 0 Å². The fourth-order valence-electron chi connectivity index (χ4n) is 0.831. The molecule has 1 unspecified atom stereocenters. The Morgan fingerprint density at radius 1 is 1.64 bits per heavy atom. The van der Waals surface area contributed by atoms with Crippen LogP contribution in [0.4, 0.5) is 0 Å². The minimum Gasteiger partial charge on any atom is -0.409 e. The molecule has 1 atom stereocenters. The number of nitrogens with zero attached hydrogens (tertiary/aromatic N) is 1. The molecular weight excluding hydrogens is 144 g/mol. The second-order valence-corrected chi connectivity index (χ2v) is 2.28. The molecule has 66 valence electrons. The Labute approximate surface area is 67.0 Å². The number of rotatable bonds is 5. The van der Waals surface area contributed by atoms with Crippen LogP contribution < -0.4 is 5.73 Å². The van der Waals surface area contributed by atoms with Crippen LogP contribution in [0.25, 0.3) is 0 Å². The standard InChI is InChI=1S/C7H16N2O2/c1-3-6(11-4-2)5-7(8)9-10/h6,10H,3-5H2,1-2H3,(H2,8,9). The van der Waals surface area contributed by atoms with Crippen LogP contribution in [0.2, 0.25) is 0 Å². The second kappa shape index (κ2) is 5.97. The largest absolute Gasteiger partial charge is 0.409 e. The maximum atomic E-state index is 8.25. The van der Waals surface area contributed by atoms with E-state index in [4.69, 9.17) is 15.7 Å². The third-order valence-electron chi connectivity index (χ3n) is 1.42. The zero-order chi connectivity index (χ0) is 8.69.